The number of carbonyl (C=O) groups is 2. The molecule has 0 fully saturated rings. The first-order valence-electron chi connectivity index (χ1n) is 9.53. The van der Waals surface area contributed by atoms with E-state index in [2.05, 4.69) is 31.0 Å². The van der Waals surface area contributed by atoms with Crippen molar-refractivity contribution in [3.05, 3.63) is 82.0 Å². The fourth-order valence-corrected chi connectivity index (χ4v) is 3.91. The van der Waals surface area contributed by atoms with Crippen LogP contribution in [0.25, 0.3) is 16.9 Å². The van der Waals surface area contributed by atoms with Crippen LogP contribution < -0.4 is 10.2 Å². The lowest BCUT2D eigenvalue weighted by atomic mass is 10.1. The summed E-state index contributed by atoms with van der Waals surface area (Å²) >= 11 is 9.49. The van der Waals surface area contributed by atoms with E-state index in [-0.39, 0.29) is 5.91 Å². The van der Waals surface area contributed by atoms with E-state index in [1.54, 1.807) is 66.8 Å². The molecule has 0 unspecified atom stereocenters. The Balaban J connectivity index is 1.69. The van der Waals surface area contributed by atoms with Gasteiger partial charge in [0.25, 0.3) is 5.91 Å². The molecule has 0 atom stereocenters. The molecule has 4 aromatic rings. The third-order valence-corrected chi connectivity index (χ3v) is 5.77. The highest BCUT2D eigenvalue weighted by atomic mass is 79.9. The fourth-order valence-electron chi connectivity index (χ4n) is 3.25. The Bertz CT molecular complexity index is 1300. The molecule has 0 aliphatic rings. The number of ether oxygens (including phenoxy) is 1. The topological polar surface area (TPSA) is 75.9 Å². The van der Waals surface area contributed by atoms with E-state index in [9.17, 15) is 9.59 Å². The molecule has 0 saturated heterocycles. The minimum atomic E-state index is -0.538. The summed E-state index contributed by atoms with van der Waals surface area (Å²) in [5.74, 6) is -0.174. The molecule has 162 valence electrons. The van der Waals surface area contributed by atoms with Crippen molar-refractivity contribution in [3.8, 4) is 11.3 Å². The summed E-state index contributed by atoms with van der Waals surface area (Å²) in [4.78, 5) is 30.6. The van der Waals surface area contributed by atoms with E-state index in [1.165, 1.54) is 7.11 Å². The van der Waals surface area contributed by atoms with E-state index in [1.807, 2.05) is 16.5 Å². The average molecular weight is 514 g/mol. The monoisotopic (exact) mass is 512 g/mol. The number of hydrogen-bond acceptors (Lipinski definition) is 4. The van der Waals surface area contributed by atoms with Gasteiger partial charge in [-0.15, -0.1) is 0 Å². The van der Waals surface area contributed by atoms with Crippen LogP contribution in [-0.2, 0) is 4.74 Å². The Morgan fingerprint density at radius 2 is 1.81 bits per heavy atom. The number of halogens is 2. The number of carbonyl (C=O) groups excluding carboxylic acids is 2. The molecule has 0 aliphatic heterocycles. The molecule has 9 heteroatoms. The number of nitrogens with zero attached hydrogens (tertiary/aromatic N) is 3. The molecule has 0 bridgehead atoms. The number of imidazole rings is 1. The standard InChI is InChI=1S/C23H18BrClN4O3/c1-28(18-9-5-16(25)6-10-18)22(30)15-11-19(24)21-26-12-20(29(21)13-15)14-3-7-17(8-4-14)27-23(31)32-2/h3-13H,1-2H3,(H,27,31). The van der Waals surface area contributed by atoms with Gasteiger partial charge in [0.2, 0.25) is 0 Å². The van der Waals surface area contributed by atoms with Gasteiger partial charge in [-0.05, 0) is 58.4 Å². The summed E-state index contributed by atoms with van der Waals surface area (Å²) < 4.78 is 7.16. The molecule has 2 aromatic heterocycles. The molecular formula is C23H18BrClN4O3. The van der Waals surface area contributed by atoms with Crippen molar-refractivity contribution in [3.63, 3.8) is 0 Å². The number of anilines is 2. The Morgan fingerprint density at radius 1 is 1.12 bits per heavy atom. The predicted molar refractivity (Wildman–Crippen MR) is 129 cm³/mol. The van der Waals surface area contributed by atoms with Crippen LogP contribution in [0.3, 0.4) is 0 Å². The molecule has 0 saturated carbocycles. The minimum absolute atomic E-state index is 0.174. The van der Waals surface area contributed by atoms with Gasteiger partial charge in [-0.25, -0.2) is 9.78 Å². The molecule has 7 nitrogen and oxygen atoms in total. The lowest BCUT2D eigenvalue weighted by molar-refractivity contribution is 0.0992. The smallest absolute Gasteiger partial charge is 0.411 e. The van der Waals surface area contributed by atoms with Crippen molar-refractivity contribution < 1.29 is 14.3 Å². The van der Waals surface area contributed by atoms with Crippen LogP contribution in [0, 0.1) is 0 Å². The van der Waals surface area contributed by atoms with Crippen LogP contribution in [-0.4, -0.2) is 35.5 Å². The van der Waals surface area contributed by atoms with E-state index in [4.69, 9.17) is 11.6 Å². The normalized spacial score (nSPS) is 10.8. The van der Waals surface area contributed by atoms with Gasteiger partial charge in [0.05, 0.1) is 29.0 Å². The fraction of sp³-hybridized carbons (Fsp3) is 0.0870. The van der Waals surface area contributed by atoms with E-state index in [0.717, 1.165) is 16.9 Å². The Morgan fingerprint density at radius 3 is 2.47 bits per heavy atom. The van der Waals surface area contributed by atoms with Crippen LogP contribution in [0.1, 0.15) is 10.4 Å². The van der Waals surface area contributed by atoms with Crippen molar-refractivity contribution in [2.45, 2.75) is 0 Å². The van der Waals surface area contributed by atoms with Gasteiger partial charge in [0.15, 0.2) is 5.65 Å². The van der Waals surface area contributed by atoms with Gasteiger partial charge in [-0.3, -0.25) is 14.5 Å². The molecule has 32 heavy (non-hydrogen) atoms. The Labute approximate surface area is 197 Å². The number of fused-ring (bicyclic) bond motifs is 1. The van der Waals surface area contributed by atoms with Gasteiger partial charge >= 0.3 is 6.09 Å². The van der Waals surface area contributed by atoms with Crippen molar-refractivity contribution in [1.29, 1.82) is 0 Å². The van der Waals surface area contributed by atoms with E-state index >= 15 is 0 Å². The number of pyridine rings is 1. The van der Waals surface area contributed by atoms with Crippen molar-refractivity contribution >= 4 is 56.6 Å². The molecule has 2 amide bonds. The zero-order chi connectivity index (χ0) is 22.8. The highest BCUT2D eigenvalue weighted by molar-refractivity contribution is 9.10. The number of rotatable bonds is 4. The SMILES string of the molecule is COC(=O)Nc1ccc(-c2cnc3c(Br)cc(C(=O)N(C)c4ccc(Cl)cc4)cn23)cc1. The molecule has 2 heterocycles. The molecule has 0 radical (unpaired) electrons. The molecule has 1 N–H and O–H groups in total. The number of hydrogen-bond donors (Lipinski definition) is 1. The van der Waals surface area contributed by atoms with Crippen LogP contribution in [0.5, 0.6) is 0 Å². The largest absolute Gasteiger partial charge is 0.453 e. The van der Waals surface area contributed by atoms with Gasteiger partial charge in [0, 0.05) is 35.2 Å². The lowest BCUT2D eigenvalue weighted by Gasteiger charge is -2.18. The van der Waals surface area contributed by atoms with Gasteiger partial charge in [0.1, 0.15) is 0 Å². The second-order valence-electron chi connectivity index (χ2n) is 6.95. The first-order chi connectivity index (χ1) is 15.4. The van der Waals surface area contributed by atoms with Crippen molar-refractivity contribution in [2.24, 2.45) is 0 Å². The first-order valence-corrected chi connectivity index (χ1v) is 10.7. The quantitative estimate of drug-likeness (QED) is 0.370. The number of nitrogens with one attached hydrogen (secondary N) is 1. The summed E-state index contributed by atoms with van der Waals surface area (Å²) in [6, 6.07) is 16.1. The first kappa shape index (κ1) is 21.9. The zero-order valence-corrected chi connectivity index (χ0v) is 19.5. The molecule has 2 aromatic carbocycles. The van der Waals surface area contributed by atoms with E-state index < -0.39 is 6.09 Å². The van der Waals surface area contributed by atoms with Crippen LogP contribution in [0.4, 0.5) is 16.2 Å². The summed E-state index contributed by atoms with van der Waals surface area (Å²) in [5.41, 5.74) is 4.18. The lowest BCUT2D eigenvalue weighted by Crippen LogP contribution is -2.26. The third-order valence-electron chi connectivity index (χ3n) is 4.94. The van der Waals surface area contributed by atoms with Crippen LogP contribution in [0.15, 0.2) is 71.5 Å². The third kappa shape index (κ3) is 4.32. The van der Waals surface area contributed by atoms with Crippen LogP contribution >= 0.6 is 27.5 Å². The maximum absolute atomic E-state index is 13.2. The number of aromatic nitrogens is 2. The average Bonchev–Trinajstić information content (AvgIpc) is 3.23. The van der Waals surface area contributed by atoms with E-state index in [0.29, 0.717) is 26.4 Å². The summed E-state index contributed by atoms with van der Waals surface area (Å²) in [5, 5.41) is 3.22. The highest BCUT2D eigenvalue weighted by Crippen LogP contribution is 2.28. The van der Waals surface area contributed by atoms with Crippen molar-refractivity contribution in [1.82, 2.24) is 9.38 Å². The maximum atomic E-state index is 13.2. The van der Waals surface area contributed by atoms with Gasteiger partial charge < -0.3 is 9.64 Å². The van der Waals surface area contributed by atoms with Gasteiger partial charge in [-0.1, -0.05) is 23.7 Å². The Kier molecular flexibility index (Phi) is 6.16. The zero-order valence-electron chi connectivity index (χ0n) is 17.2. The summed E-state index contributed by atoms with van der Waals surface area (Å²) in [6.45, 7) is 0. The summed E-state index contributed by atoms with van der Waals surface area (Å²) in [6.07, 6.45) is 2.96. The minimum Gasteiger partial charge on any atom is -0.453 e. The maximum Gasteiger partial charge on any atom is 0.411 e. The second-order valence-corrected chi connectivity index (χ2v) is 8.24. The number of methoxy groups -OCH3 is 1. The Hall–Kier alpha value is -3.36. The highest BCUT2D eigenvalue weighted by Gasteiger charge is 2.18. The molecule has 0 aliphatic carbocycles. The predicted octanol–water partition coefficient (Wildman–Crippen LogP) is 5.87. The molecule has 0 spiro atoms. The number of amides is 2. The molecule has 4 rings (SSSR count). The molecular weight excluding hydrogens is 496 g/mol. The van der Waals surface area contributed by atoms with Crippen LogP contribution in [0.2, 0.25) is 5.02 Å². The van der Waals surface area contributed by atoms with Gasteiger partial charge in [-0.2, -0.15) is 0 Å². The number of benzene rings is 2. The van der Waals surface area contributed by atoms with Crippen molar-refractivity contribution in [2.75, 3.05) is 24.4 Å². The second kappa shape index (κ2) is 9.02. The summed E-state index contributed by atoms with van der Waals surface area (Å²) in [7, 11) is 3.02.